The Balaban J connectivity index is 0.00000144. The zero-order chi connectivity index (χ0) is 9.14. The maximum Gasteiger partial charge on any atom is 0.337 e. The fourth-order valence-electron chi connectivity index (χ4n) is 0.848. The number of rotatable bonds is 1. The zero-order valence-corrected chi connectivity index (χ0v) is 8.48. The Morgan fingerprint density at radius 1 is 1.46 bits per heavy atom. The molecule has 0 bridgehead atoms. The quantitative estimate of drug-likeness (QED) is 0.584. The summed E-state index contributed by atoms with van der Waals surface area (Å²) in [6, 6.07) is 4.58. The van der Waals surface area contributed by atoms with E-state index in [0.29, 0.717) is 16.3 Å². The maximum atomic E-state index is 11.0. The van der Waals surface area contributed by atoms with Crippen LogP contribution >= 0.6 is 24.0 Å². The first-order chi connectivity index (χ1) is 5.63. The smallest absolute Gasteiger partial charge is 0.337 e. The van der Waals surface area contributed by atoms with Gasteiger partial charge in [0.05, 0.1) is 12.7 Å². The second-order valence-corrected chi connectivity index (χ2v) is 2.70. The number of esters is 1. The summed E-state index contributed by atoms with van der Waals surface area (Å²) in [5, 5.41) is 0.426. The molecular formula is C8H9Cl2NO2. The van der Waals surface area contributed by atoms with Crippen LogP contribution < -0.4 is 5.73 Å². The van der Waals surface area contributed by atoms with Gasteiger partial charge in [-0.25, -0.2) is 4.79 Å². The summed E-state index contributed by atoms with van der Waals surface area (Å²) in [5.41, 5.74) is 6.27. The Bertz CT molecular complexity index is 295. The van der Waals surface area contributed by atoms with Gasteiger partial charge in [0.2, 0.25) is 0 Å². The Kier molecular flexibility index (Phi) is 4.59. The van der Waals surface area contributed by atoms with E-state index in [1.807, 2.05) is 0 Å². The van der Waals surface area contributed by atoms with E-state index in [0.717, 1.165) is 0 Å². The molecule has 5 heteroatoms. The van der Waals surface area contributed by atoms with Crippen LogP contribution in [0.25, 0.3) is 0 Å². The fourth-order valence-corrected chi connectivity index (χ4v) is 1.09. The van der Waals surface area contributed by atoms with Gasteiger partial charge in [-0.05, 0) is 18.2 Å². The number of halogens is 2. The summed E-state index contributed by atoms with van der Waals surface area (Å²) >= 11 is 5.66. The Labute approximate surface area is 87.2 Å². The van der Waals surface area contributed by atoms with Crippen LogP contribution in [-0.4, -0.2) is 13.1 Å². The average molecular weight is 222 g/mol. The van der Waals surface area contributed by atoms with Crippen molar-refractivity contribution < 1.29 is 9.53 Å². The number of anilines is 1. The van der Waals surface area contributed by atoms with Crippen LogP contribution in [-0.2, 0) is 4.74 Å². The molecule has 0 aliphatic carbocycles. The molecule has 13 heavy (non-hydrogen) atoms. The molecule has 0 unspecified atom stereocenters. The van der Waals surface area contributed by atoms with E-state index in [9.17, 15) is 4.79 Å². The molecule has 1 aromatic carbocycles. The predicted octanol–water partition coefficient (Wildman–Crippen LogP) is 2.13. The minimum Gasteiger partial charge on any atom is -0.465 e. The van der Waals surface area contributed by atoms with Crippen LogP contribution in [0.15, 0.2) is 18.2 Å². The molecule has 3 nitrogen and oxygen atoms in total. The number of carbonyl (C=O) groups excluding carboxylic acids is 1. The molecule has 0 aliphatic rings. The molecule has 0 saturated heterocycles. The van der Waals surface area contributed by atoms with Gasteiger partial charge in [-0.3, -0.25) is 0 Å². The third-order valence-corrected chi connectivity index (χ3v) is 1.56. The van der Waals surface area contributed by atoms with E-state index < -0.39 is 5.97 Å². The molecule has 1 rings (SSSR count). The van der Waals surface area contributed by atoms with Crippen molar-refractivity contribution in [3.8, 4) is 0 Å². The topological polar surface area (TPSA) is 52.3 Å². The molecule has 0 fully saturated rings. The molecule has 0 spiro atoms. The van der Waals surface area contributed by atoms with Gasteiger partial charge in [-0.1, -0.05) is 11.6 Å². The summed E-state index contributed by atoms with van der Waals surface area (Å²) < 4.78 is 4.49. The van der Waals surface area contributed by atoms with Gasteiger partial charge in [0.1, 0.15) is 0 Å². The SMILES string of the molecule is COC(=O)c1cc(N)cc(Cl)c1.Cl. The van der Waals surface area contributed by atoms with Crippen LogP contribution in [0.1, 0.15) is 10.4 Å². The molecule has 72 valence electrons. The van der Waals surface area contributed by atoms with Crippen LogP contribution in [0.2, 0.25) is 5.02 Å². The van der Waals surface area contributed by atoms with Crippen molar-refractivity contribution in [2.75, 3.05) is 12.8 Å². The van der Waals surface area contributed by atoms with Crippen molar-refractivity contribution in [1.29, 1.82) is 0 Å². The summed E-state index contributed by atoms with van der Waals surface area (Å²) in [6.07, 6.45) is 0. The second kappa shape index (κ2) is 4.94. The van der Waals surface area contributed by atoms with E-state index in [1.54, 1.807) is 6.07 Å². The molecule has 0 radical (unpaired) electrons. The highest BCUT2D eigenvalue weighted by molar-refractivity contribution is 6.31. The largest absolute Gasteiger partial charge is 0.465 e. The molecule has 0 atom stereocenters. The van der Waals surface area contributed by atoms with Gasteiger partial charge >= 0.3 is 5.97 Å². The molecule has 0 aromatic heterocycles. The number of benzene rings is 1. The van der Waals surface area contributed by atoms with E-state index >= 15 is 0 Å². The van der Waals surface area contributed by atoms with Crippen molar-refractivity contribution in [3.63, 3.8) is 0 Å². The Morgan fingerprint density at radius 2 is 2.08 bits per heavy atom. The molecular weight excluding hydrogens is 213 g/mol. The minimum absolute atomic E-state index is 0. The van der Waals surface area contributed by atoms with E-state index in [-0.39, 0.29) is 12.4 Å². The number of methoxy groups -OCH3 is 1. The normalized spacial score (nSPS) is 8.77. The number of hydrogen-bond donors (Lipinski definition) is 1. The molecule has 0 amide bonds. The van der Waals surface area contributed by atoms with Crippen molar-refractivity contribution in [2.45, 2.75) is 0 Å². The highest BCUT2D eigenvalue weighted by Gasteiger charge is 2.06. The van der Waals surface area contributed by atoms with Crippen molar-refractivity contribution >= 4 is 35.7 Å². The van der Waals surface area contributed by atoms with Gasteiger partial charge in [0.15, 0.2) is 0 Å². The monoisotopic (exact) mass is 221 g/mol. The Morgan fingerprint density at radius 3 is 2.54 bits per heavy atom. The van der Waals surface area contributed by atoms with Crippen LogP contribution in [0.4, 0.5) is 5.69 Å². The number of carbonyl (C=O) groups is 1. The molecule has 0 heterocycles. The van der Waals surface area contributed by atoms with Gasteiger partial charge in [-0.15, -0.1) is 12.4 Å². The first kappa shape index (κ1) is 12.1. The molecule has 1 aromatic rings. The minimum atomic E-state index is -0.441. The molecule has 2 N–H and O–H groups in total. The third kappa shape index (κ3) is 3.13. The number of ether oxygens (including phenoxy) is 1. The highest BCUT2D eigenvalue weighted by Crippen LogP contribution is 2.16. The van der Waals surface area contributed by atoms with Gasteiger partial charge < -0.3 is 10.5 Å². The first-order valence-electron chi connectivity index (χ1n) is 3.28. The van der Waals surface area contributed by atoms with E-state index in [1.165, 1.54) is 19.2 Å². The van der Waals surface area contributed by atoms with E-state index in [2.05, 4.69) is 4.74 Å². The van der Waals surface area contributed by atoms with Crippen molar-refractivity contribution in [1.82, 2.24) is 0 Å². The molecule has 0 aliphatic heterocycles. The number of nitrogen functional groups attached to an aromatic ring is 1. The second-order valence-electron chi connectivity index (χ2n) is 2.26. The lowest BCUT2D eigenvalue weighted by molar-refractivity contribution is 0.0601. The summed E-state index contributed by atoms with van der Waals surface area (Å²) in [7, 11) is 1.30. The van der Waals surface area contributed by atoms with Crippen LogP contribution in [0.5, 0.6) is 0 Å². The van der Waals surface area contributed by atoms with Crippen LogP contribution in [0.3, 0.4) is 0 Å². The summed E-state index contributed by atoms with van der Waals surface area (Å²) in [5.74, 6) is -0.441. The van der Waals surface area contributed by atoms with Gasteiger partial charge in [0, 0.05) is 10.7 Å². The molecule has 0 saturated carbocycles. The lowest BCUT2D eigenvalue weighted by atomic mass is 10.2. The lowest BCUT2D eigenvalue weighted by Gasteiger charge is -2.00. The van der Waals surface area contributed by atoms with Crippen molar-refractivity contribution in [3.05, 3.63) is 28.8 Å². The average Bonchev–Trinajstić information content (AvgIpc) is 2.01. The van der Waals surface area contributed by atoms with Crippen LogP contribution in [0, 0.1) is 0 Å². The van der Waals surface area contributed by atoms with Crippen molar-refractivity contribution in [2.24, 2.45) is 0 Å². The number of nitrogens with two attached hydrogens (primary N) is 1. The summed E-state index contributed by atoms with van der Waals surface area (Å²) in [6.45, 7) is 0. The zero-order valence-electron chi connectivity index (χ0n) is 6.91. The Hall–Kier alpha value is -0.930. The predicted molar refractivity (Wildman–Crippen MR) is 54.5 cm³/mol. The van der Waals surface area contributed by atoms with E-state index in [4.69, 9.17) is 17.3 Å². The highest BCUT2D eigenvalue weighted by atomic mass is 35.5. The third-order valence-electron chi connectivity index (χ3n) is 1.34. The summed E-state index contributed by atoms with van der Waals surface area (Å²) in [4.78, 5) is 11.0. The van der Waals surface area contributed by atoms with Gasteiger partial charge in [0.25, 0.3) is 0 Å². The first-order valence-corrected chi connectivity index (χ1v) is 3.65. The maximum absolute atomic E-state index is 11.0. The standard InChI is InChI=1S/C8H8ClNO2.ClH/c1-12-8(11)5-2-6(9)4-7(10)3-5;/h2-4H,10H2,1H3;1H. The number of hydrogen-bond acceptors (Lipinski definition) is 3. The van der Waals surface area contributed by atoms with Gasteiger partial charge in [-0.2, -0.15) is 0 Å². The lowest BCUT2D eigenvalue weighted by Crippen LogP contribution is -2.01. The fraction of sp³-hybridized carbons (Fsp3) is 0.125.